The molecule has 3 rings (SSSR count). The van der Waals surface area contributed by atoms with Crippen molar-refractivity contribution in [3.63, 3.8) is 0 Å². The van der Waals surface area contributed by atoms with Crippen LogP contribution in [0.1, 0.15) is 51.5 Å². The zero-order valence-corrected chi connectivity index (χ0v) is 19.2. The van der Waals surface area contributed by atoms with E-state index in [1.807, 2.05) is 23.6 Å². The largest absolute Gasteiger partial charge is 0.372 e. The molecule has 2 amide bonds. The summed E-state index contributed by atoms with van der Waals surface area (Å²) in [5, 5.41) is 0. The molecule has 1 aromatic rings. The van der Waals surface area contributed by atoms with Crippen molar-refractivity contribution < 1.29 is 14.3 Å². The van der Waals surface area contributed by atoms with Crippen LogP contribution in [0.3, 0.4) is 0 Å². The Morgan fingerprint density at radius 3 is 2.24 bits per heavy atom. The Kier molecular flexibility index (Phi) is 8.13. The van der Waals surface area contributed by atoms with Crippen LogP contribution >= 0.6 is 15.9 Å². The van der Waals surface area contributed by atoms with E-state index >= 15 is 0 Å². The van der Waals surface area contributed by atoms with Crippen molar-refractivity contribution in [3.05, 3.63) is 34.3 Å². The Labute approximate surface area is 182 Å². The van der Waals surface area contributed by atoms with Gasteiger partial charge >= 0.3 is 0 Å². The van der Waals surface area contributed by atoms with Crippen molar-refractivity contribution in [2.24, 2.45) is 5.92 Å². The topological polar surface area (TPSA) is 49.9 Å². The van der Waals surface area contributed by atoms with Crippen molar-refractivity contribution in [2.75, 3.05) is 26.2 Å². The molecular formula is C23H33BrN2O3. The van der Waals surface area contributed by atoms with Crippen LogP contribution in [0.4, 0.5) is 0 Å². The summed E-state index contributed by atoms with van der Waals surface area (Å²) in [5.41, 5.74) is 1.31. The molecule has 1 aromatic carbocycles. The van der Waals surface area contributed by atoms with Crippen LogP contribution < -0.4 is 0 Å². The molecule has 160 valence electrons. The third-order valence-electron chi connectivity index (χ3n) is 5.95. The lowest BCUT2D eigenvalue weighted by molar-refractivity contribution is -0.150. The van der Waals surface area contributed by atoms with Crippen molar-refractivity contribution >= 4 is 27.7 Å². The fraction of sp³-hybridized carbons (Fsp3) is 0.652. The van der Waals surface area contributed by atoms with Crippen LogP contribution in [0.25, 0.3) is 0 Å². The van der Waals surface area contributed by atoms with Gasteiger partial charge in [0, 0.05) is 43.0 Å². The average molecular weight is 465 g/mol. The van der Waals surface area contributed by atoms with Gasteiger partial charge in [-0.25, -0.2) is 0 Å². The molecule has 0 radical (unpaired) electrons. The Hall–Kier alpha value is -1.40. The molecule has 2 fully saturated rings. The van der Waals surface area contributed by atoms with Gasteiger partial charge in [-0.2, -0.15) is 0 Å². The van der Waals surface area contributed by atoms with E-state index < -0.39 is 0 Å². The number of hydrogen-bond donors (Lipinski definition) is 0. The zero-order chi connectivity index (χ0) is 20.8. The SMILES string of the molecule is CC1CN(C(=O)C2CCN(C(=O)CCCCc3ccc(Br)cc3)CC2)CC(C)O1. The molecule has 0 aliphatic carbocycles. The maximum absolute atomic E-state index is 12.9. The van der Waals surface area contributed by atoms with Crippen LogP contribution in [-0.2, 0) is 20.7 Å². The van der Waals surface area contributed by atoms with E-state index in [1.54, 1.807) is 0 Å². The first-order valence-corrected chi connectivity index (χ1v) is 11.7. The van der Waals surface area contributed by atoms with E-state index in [4.69, 9.17) is 4.74 Å². The predicted molar refractivity (Wildman–Crippen MR) is 118 cm³/mol. The standard InChI is InChI=1S/C23H33BrN2O3/c1-17-15-26(16-18(2)29-17)23(28)20-11-13-25(14-12-20)22(27)6-4-3-5-19-7-9-21(24)10-8-19/h7-10,17-18,20H,3-6,11-16H2,1-2H3. The van der Waals surface area contributed by atoms with E-state index in [0.717, 1.165) is 36.6 Å². The third-order valence-corrected chi connectivity index (χ3v) is 6.48. The fourth-order valence-electron chi connectivity index (χ4n) is 4.41. The molecule has 2 aliphatic rings. The summed E-state index contributed by atoms with van der Waals surface area (Å²) in [4.78, 5) is 29.3. The predicted octanol–water partition coefficient (Wildman–Crippen LogP) is 4.04. The molecule has 2 unspecified atom stereocenters. The zero-order valence-electron chi connectivity index (χ0n) is 17.6. The normalized spacial score (nSPS) is 23.3. The molecule has 2 atom stereocenters. The van der Waals surface area contributed by atoms with Gasteiger partial charge in [0.1, 0.15) is 0 Å². The first-order valence-electron chi connectivity index (χ1n) is 10.9. The average Bonchev–Trinajstić information content (AvgIpc) is 2.71. The number of carbonyl (C=O) groups excluding carboxylic acids is 2. The molecule has 0 aromatic heterocycles. The first kappa shape index (κ1) is 22.3. The molecule has 29 heavy (non-hydrogen) atoms. The van der Waals surface area contributed by atoms with Crippen molar-refractivity contribution in [1.82, 2.24) is 9.80 Å². The van der Waals surface area contributed by atoms with Crippen LogP contribution in [0.2, 0.25) is 0 Å². The third kappa shape index (κ3) is 6.54. The molecule has 2 saturated heterocycles. The van der Waals surface area contributed by atoms with Gasteiger partial charge in [-0.3, -0.25) is 9.59 Å². The number of unbranched alkanes of at least 4 members (excludes halogenated alkanes) is 1. The maximum Gasteiger partial charge on any atom is 0.225 e. The minimum atomic E-state index is 0.0500. The van der Waals surface area contributed by atoms with Gasteiger partial charge in [0.25, 0.3) is 0 Å². The molecule has 5 nitrogen and oxygen atoms in total. The number of piperidine rings is 1. The minimum absolute atomic E-state index is 0.0500. The number of aryl methyl sites for hydroxylation is 1. The number of amides is 2. The van der Waals surface area contributed by atoms with E-state index in [-0.39, 0.29) is 29.9 Å². The molecule has 2 aliphatic heterocycles. The van der Waals surface area contributed by atoms with Crippen molar-refractivity contribution in [3.8, 4) is 0 Å². The number of likely N-dealkylation sites (tertiary alicyclic amines) is 1. The Bertz CT molecular complexity index is 676. The lowest BCUT2D eigenvalue weighted by Crippen LogP contribution is -2.51. The second-order valence-electron chi connectivity index (χ2n) is 8.49. The summed E-state index contributed by atoms with van der Waals surface area (Å²) in [6, 6.07) is 8.38. The summed E-state index contributed by atoms with van der Waals surface area (Å²) in [6.07, 6.45) is 5.31. The highest BCUT2D eigenvalue weighted by Crippen LogP contribution is 2.23. The number of hydrogen-bond acceptors (Lipinski definition) is 3. The minimum Gasteiger partial charge on any atom is -0.372 e. The van der Waals surface area contributed by atoms with Gasteiger partial charge < -0.3 is 14.5 Å². The smallest absolute Gasteiger partial charge is 0.225 e. The lowest BCUT2D eigenvalue weighted by Gasteiger charge is -2.39. The fourth-order valence-corrected chi connectivity index (χ4v) is 4.67. The molecule has 2 heterocycles. The van der Waals surface area contributed by atoms with E-state index in [2.05, 4.69) is 40.2 Å². The number of carbonyl (C=O) groups is 2. The molecule has 6 heteroatoms. The van der Waals surface area contributed by atoms with Gasteiger partial charge in [-0.1, -0.05) is 28.1 Å². The molecule has 0 spiro atoms. The second-order valence-corrected chi connectivity index (χ2v) is 9.40. The van der Waals surface area contributed by atoms with E-state index in [9.17, 15) is 9.59 Å². The number of rotatable bonds is 6. The van der Waals surface area contributed by atoms with Crippen LogP contribution in [0.5, 0.6) is 0 Å². The van der Waals surface area contributed by atoms with E-state index in [0.29, 0.717) is 32.6 Å². The Morgan fingerprint density at radius 2 is 1.62 bits per heavy atom. The highest BCUT2D eigenvalue weighted by Gasteiger charge is 2.33. The molecule has 0 bridgehead atoms. The summed E-state index contributed by atoms with van der Waals surface area (Å²) >= 11 is 3.45. The van der Waals surface area contributed by atoms with Crippen molar-refractivity contribution in [2.45, 2.75) is 64.6 Å². The number of halogens is 1. The maximum atomic E-state index is 12.9. The Morgan fingerprint density at radius 1 is 1.00 bits per heavy atom. The summed E-state index contributed by atoms with van der Waals surface area (Å²) in [5.74, 6) is 0.530. The number of benzene rings is 1. The van der Waals surface area contributed by atoms with Gasteiger partial charge in [0.15, 0.2) is 0 Å². The van der Waals surface area contributed by atoms with Crippen molar-refractivity contribution in [1.29, 1.82) is 0 Å². The number of morpholine rings is 1. The van der Waals surface area contributed by atoms with Gasteiger partial charge in [-0.05, 0) is 63.6 Å². The van der Waals surface area contributed by atoms with Crippen LogP contribution in [0.15, 0.2) is 28.7 Å². The van der Waals surface area contributed by atoms with Gasteiger partial charge in [0.2, 0.25) is 11.8 Å². The first-order chi connectivity index (χ1) is 13.9. The van der Waals surface area contributed by atoms with E-state index in [1.165, 1.54) is 5.56 Å². The summed E-state index contributed by atoms with van der Waals surface area (Å²) in [7, 11) is 0. The molecule has 0 N–H and O–H groups in total. The Balaban J connectivity index is 1.35. The number of nitrogens with zero attached hydrogens (tertiary/aromatic N) is 2. The van der Waals surface area contributed by atoms with Gasteiger partial charge in [0.05, 0.1) is 12.2 Å². The molecular weight excluding hydrogens is 432 g/mol. The van der Waals surface area contributed by atoms with Crippen LogP contribution in [0, 0.1) is 5.92 Å². The quantitative estimate of drug-likeness (QED) is 0.596. The molecule has 0 saturated carbocycles. The summed E-state index contributed by atoms with van der Waals surface area (Å²) in [6.45, 7) is 6.82. The monoisotopic (exact) mass is 464 g/mol. The lowest BCUT2D eigenvalue weighted by atomic mass is 9.94. The summed E-state index contributed by atoms with van der Waals surface area (Å²) < 4.78 is 6.83. The second kappa shape index (κ2) is 10.6. The number of ether oxygens (including phenoxy) is 1. The highest BCUT2D eigenvalue weighted by atomic mass is 79.9. The van der Waals surface area contributed by atoms with Crippen LogP contribution in [-0.4, -0.2) is 60.0 Å². The highest BCUT2D eigenvalue weighted by molar-refractivity contribution is 9.10. The van der Waals surface area contributed by atoms with Gasteiger partial charge in [-0.15, -0.1) is 0 Å².